The summed E-state index contributed by atoms with van der Waals surface area (Å²) in [6.07, 6.45) is 47.1. The van der Waals surface area contributed by atoms with Crippen molar-refractivity contribution >= 4 is 19.8 Å². The molecule has 3 N–H and O–H groups in total. The first-order chi connectivity index (χ1) is 26.8. The van der Waals surface area contributed by atoms with Crippen LogP contribution in [0.4, 0.5) is 0 Å². The number of hydrogen-bond acceptors (Lipinski definition) is 8. The van der Waals surface area contributed by atoms with E-state index in [2.05, 4.69) is 62.5 Å². The minimum atomic E-state index is -4.38. The van der Waals surface area contributed by atoms with Crippen molar-refractivity contribution in [3.05, 3.63) is 48.6 Å². The average molecular weight is 796 g/mol. The van der Waals surface area contributed by atoms with Crippen molar-refractivity contribution in [3.63, 3.8) is 0 Å². The predicted molar refractivity (Wildman–Crippen MR) is 229 cm³/mol. The fraction of sp³-hybridized carbons (Fsp3) is 0.778. The molecular formula is C45H82NO8P. The smallest absolute Gasteiger partial charge is 0.462 e. The quantitative estimate of drug-likeness (QED) is 0.0268. The third-order valence-corrected chi connectivity index (χ3v) is 10.2. The number of allylic oxidation sites excluding steroid dienone is 8. The van der Waals surface area contributed by atoms with Crippen LogP contribution in [0.2, 0.25) is 0 Å². The van der Waals surface area contributed by atoms with Gasteiger partial charge in [-0.2, -0.15) is 0 Å². The molecule has 0 aliphatic carbocycles. The molecule has 0 saturated carbocycles. The van der Waals surface area contributed by atoms with Gasteiger partial charge in [0.2, 0.25) is 0 Å². The largest absolute Gasteiger partial charge is 0.472 e. The van der Waals surface area contributed by atoms with E-state index < -0.39 is 26.5 Å². The molecule has 1 unspecified atom stereocenters. The minimum absolute atomic E-state index is 0.0488. The zero-order valence-electron chi connectivity index (χ0n) is 35.2. The van der Waals surface area contributed by atoms with Gasteiger partial charge in [-0.15, -0.1) is 0 Å². The topological polar surface area (TPSA) is 134 Å². The lowest BCUT2D eigenvalue weighted by Crippen LogP contribution is -2.29. The molecule has 0 heterocycles. The number of unbranched alkanes of at least 4 members (excludes halogenated alkanes) is 20. The monoisotopic (exact) mass is 796 g/mol. The Kier molecular flexibility index (Phi) is 40.1. The summed E-state index contributed by atoms with van der Waals surface area (Å²) in [7, 11) is -4.38. The van der Waals surface area contributed by atoms with E-state index in [0.29, 0.717) is 6.42 Å². The maximum atomic E-state index is 12.6. The Morgan fingerprint density at radius 2 is 1.00 bits per heavy atom. The molecular weight excluding hydrogens is 713 g/mol. The van der Waals surface area contributed by atoms with E-state index in [-0.39, 0.29) is 38.6 Å². The third-order valence-electron chi connectivity index (χ3n) is 9.20. The summed E-state index contributed by atoms with van der Waals surface area (Å²) in [5.41, 5.74) is 5.35. The number of nitrogens with two attached hydrogens (primary N) is 1. The lowest BCUT2D eigenvalue weighted by Gasteiger charge is -2.19. The summed E-state index contributed by atoms with van der Waals surface area (Å²) < 4.78 is 32.8. The summed E-state index contributed by atoms with van der Waals surface area (Å²) in [5.74, 6) is -0.850. The first-order valence-corrected chi connectivity index (χ1v) is 23.6. The first kappa shape index (κ1) is 53.0. The number of phosphoric acid groups is 1. The van der Waals surface area contributed by atoms with Crippen molar-refractivity contribution < 1.29 is 37.6 Å². The molecule has 0 amide bonds. The molecule has 55 heavy (non-hydrogen) atoms. The molecule has 0 fully saturated rings. The summed E-state index contributed by atoms with van der Waals surface area (Å²) in [6, 6.07) is 0. The van der Waals surface area contributed by atoms with Gasteiger partial charge in [0.1, 0.15) is 6.61 Å². The van der Waals surface area contributed by atoms with Crippen molar-refractivity contribution in [2.75, 3.05) is 26.4 Å². The van der Waals surface area contributed by atoms with Gasteiger partial charge in [-0.25, -0.2) is 4.57 Å². The van der Waals surface area contributed by atoms with E-state index >= 15 is 0 Å². The SMILES string of the molecule is CC/C=C/C/C=C/C/C=C/CCCCCCCC(=O)O[C@H](COC(=O)CCCCCCCCCCC/C=C/CCCCCCCC)COP(=O)(O)OCCN. The molecule has 9 nitrogen and oxygen atoms in total. The molecule has 0 rings (SSSR count). The molecule has 0 aliphatic rings. The minimum Gasteiger partial charge on any atom is -0.462 e. The van der Waals surface area contributed by atoms with E-state index in [1.54, 1.807) is 0 Å². The number of carbonyl (C=O) groups is 2. The van der Waals surface area contributed by atoms with Gasteiger partial charge in [-0.3, -0.25) is 18.6 Å². The standard InChI is InChI=1S/C45H82NO8P/c1-3-5-7-9-11-13-15-17-19-20-21-22-24-25-27-29-31-33-35-37-44(47)51-41-43(42-53-55(49,50)52-40-39-46)54-45(48)38-36-34-32-30-28-26-23-18-16-14-12-10-8-6-4-2/h6,8,12,14,17-19,23,43H,3-5,7,9-11,13,15-16,20-22,24-42,46H2,1-2H3,(H,49,50)/b8-6+,14-12+,19-17+,23-18+/t43-/m1/s1. The second-order valence-electron chi connectivity index (χ2n) is 14.5. The van der Waals surface area contributed by atoms with Crippen LogP contribution in [0.1, 0.15) is 194 Å². The van der Waals surface area contributed by atoms with E-state index in [1.165, 1.54) is 89.9 Å². The lowest BCUT2D eigenvalue weighted by molar-refractivity contribution is -0.161. The Bertz CT molecular complexity index is 1040. The summed E-state index contributed by atoms with van der Waals surface area (Å²) in [6.45, 7) is 3.60. The van der Waals surface area contributed by atoms with Crippen LogP contribution in [0.15, 0.2) is 48.6 Å². The van der Waals surface area contributed by atoms with Crippen molar-refractivity contribution in [1.82, 2.24) is 0 Å². The van der Waals surface area contributed by atoms with Gasteiger partial charge in [0, 0.05) is 19.4 Å². The van der Waals surface area contributed by atoms with E-state index in [1.807, 2.05) is 0 Å². The number of esters is 2. The number of carbonyl (C=O) groups excluding carboxylic acids is 2. The Morgan fingerprint density at radius 3 is 1.51 bits per heavy atom. The number of rotatable bonds is 41. The van der Waals surface area contributed by atoms with Crippen LogP contribution in [0.25, 0.3) is 0 Å². The first-order valence-electron chi connectivity index (χ1n) is 22.1. The molecule has 0 aliphatic heterocycles. The normalized spacial score (nSPS) is 13.7. The summed E-state index contributed by atoms with van der Waals surface area (Å²) in [5, 5.41) is 0. The average Bonchev–Trinajstić information content (AvgIpc) is 3.17. The van der Waals surface area contributed by atoms with Crippen molar-refractivity contribution in [2.45, 2.75) is 200 Å². The van der Waals surface area contributed by atoms with Crippen LogP contribution in [0.5, 0.6) is 0 Å². The molecule has 0 aromatic heterocycles. The number of hydrogen-bond donors (Lipinski definition) is 2. The maximum Gasteiger partial charge on any atom is 0.472 e. The summed E-state index contributed by atoms with van der Waals surface area (Å²) >= 11 is 0. The van der Waals surface area contributed by atoms with E-state index in [0.717, 1.165) is 70.6 Å². The Hall–Kier alpha value is -2.03. The number of ether oxygens (including phenoxy) is 2. The molecule has 0 spiro atoms. The van der Waals surface area contributed by atoms with Crippen molar-refractivity contribution in [2.24, 2.45) is 5.73 Å². The number of phosphoric ester groups is 1. The molecule has 0 radical (unpaired) electrons. The molecule has 0 bridgehead atoms. The zero-order chi connectivity index (χ0) is 40.3. The molecule has 0 saturated heterocycles. The van der Waals surface area contributed by atoms with Crippen LogP contribution in [0.3, 0.4) is 0 Å². The van der Waals surface area contributed by atoms with E-state index in [9.17, 15) is 19.0 Å². The van der Waals surface area contributed by atoms with Crippen LogP contribution in [0, 0.1) is 0 Å². The molecule has 0 aromatic rings. The highest BCUT2D eigenvalue weighted by Gasteiger charge is 2.26. The fourth-order valence-electron chi connectivity index (χ4n) is 5.94. The second-order valence-corrected chi connectivity index (χ2v) is 16.0. The van der Waals surface area contributed by atoms with Gasteiger partial charge in [-0.05, 0) is 70.6 Å². The Labute approximate surface area is 336 Å². The van der Waals surface area contributed by atoms with Gasteiger partial charge in [0.05, 0.1) is 13.2 Å². The van der Waals surface area contributed by atoms with Crippen LogP contribution >= 0.6 is 7.82 Å². The van der Waals surface area contributed by atoms with Crippen LogP contribution in [-0.4, -0.2) is 49.3 Å². The molecule has 10 heteroatoms. The van der Waals surface area contributed by atoms with Gasteiger partial charge in [0.15, 0.2) is 6.10 Å². The molecule has 320 valence electrons. The Balaban J connectivity index is 4.14. The highest BCUT2D eigenvalue weighted by Crippen LogP contribution is 2.43. The highest BCUT2D eigenvalue weighted by molar-refractivity contribution is 7.47. The zero-order valence-corrected chi connectivity index (χ0v) is 36.0. The fourth-order valence-corrected chi connectivity index (χ4v) is 6.70. The third kappa shape index (κ3) is 41.4. The molecule has 2 atom stereocenters. The van der Waals surface area contributed by atoms with Gasteiger partial charge >= 0.3 is 19.8 Å². The predicted octanol–water partition coefficient (Wildman–Crippen LogP) is 12.7. The van der Waals surface area contributed by atoms with E-state index in [4.69, 9.17) is 24.3 Å². The summed E-state index contributed by atoms with van der Waals surface area (Å²) in [4.78, 5) is 34.9. The van der Waals surface area contributed by atoms with Gasteiger partial charge < -0.3 is 20.1 Å². The lowest BCUT2D eigenvalue weighted by atomic mass is 10.1. The Morgan fingerprint density at radius 1 is 0.564 bits per heavy atom. The molecule has 0 aromatic carbocycles. The van der Waals surface area contributed by atoms with Crippen LogP contribution in [-0.2, 0) is 32.7 Å². The van der Waals surface area contributed by atoms with Gasteiger partial charge in [-0.1, -0.05) is 159 Å². The van der Waals surface area contributed by atoms with Crippen molar-refractivity contribution in [1.29, 1.82) is 0 Å². The second kappa shape index (κ2) is 41.6. The maximum absolute atomic E-state index is 12.6. The van der Waals surface area contributed by atoms with Crippen LogP contribution < -0.4 is 5.73 Å². The highest BCUT2D eigenvalue weighted by atomic mass is 31.2. The van der Waals surface area contributed by atoms with Crippen molar-refractivity contribution in [3.8, 4) is 0 Å². The van der Waals surface area contributed by atoms with Gasteiger partial charge in [0.25, 0.3) is 0 Å².